The number of hydrogen-bond donors (Lipinski definition) is 0. The summed E-state index contributed by atoms with van der Waals surface area (Å²) in [6, 6.07) is 0. The van der Waals surface area contributed by atoms with E-state index >= 15 is 0 Å². The van der Waals surface area contributed by atoms with Crippen LogP contribution in [-0.4, -0.2) is 15.5 Å². The Balaban J connectivity index is 1.80. The molecule has 1 fully saturated rings. The zero-order chi connectivity index (χ0) is 8.81. The van der Waals surface area contributed by atoms with Crippen LogP contribution in [0.5, 0.6) is 0 Å². The van der Waals surface area contributed by atoms with Crippen molar-refractivity contribution in [2.24, 2.45) is 0 Å². The van der Waals surface area contributed by atoms with Crippen LogP contribution in [0.15, 0.2) is 0 Å². The maximum atomic E-state index is 10.4. The minimum Gasteiger partial charge on any atom is -0.461 e. The summed E-state index contributed by atoms with van der Waals surface area (Å²) in [4.78, 5) is 0. The average Bonchev–Trinajstić information content (AvgIpc) is 2.00. The molecule has 1 heterocycles. The van der Waals surface area contributed by atoms with Gasteiger partial charge in [-0.1, -0.05) is 32.6 Å². The first kappa shape index (κ1) is 9.70. The van der Waals surface area contributed by atoms with E-state index in [1.54, 1.807) is 0 Å². The second-order valence-corrected chi connectivity index (χ2v) is 4.09. The van der Waals surface area contributed by atoms with Gasteiger partial charge in [0, 0.05) is 6.42 Å². The Morgan fingerprint density at radius 2 is 1.83 bits per heavy atom. The monoisotopic (exact) mass is 188 g/mol. The van der Waals surface area contributed by atoms with Crippen LogP contribution in [0, 0.1) is 0 Å². The van der Waals surface area contributed by atoms with Gasteiger partial charge in [0.2, 0.25) is 6.29 Å². The van der Waals surface area contributed by atoms with Crippen LogP contribution in [0.2, 0.25) is 0 Å². The van der Waals surface area contributed by atoms with Crippen molar-refractivity contribution in [3.05, 3.63) is 0 Å². The topological polar surface area (TPSA) is 35.5 Å². The van der Waals surface area contributed by atoms with Gasteiger partial charge in [-0.25, -0.2) is 0 Å². The molecular weight excluding hydrogens is 172 g/mol. The molecular formula is C8H16O3Si. The van der Waals surface area contributed by atoms with Crippen molar-refractivity contribution >= 4 is 9.17 Å². The highest BCUT2D eigenvalue weighted by Crippen LogP contribution is 2.15. The molecule has 4 heteroatoms. The molecule has 0 bridgehead atoms. The van der Waals surface area contributed by atoms with Crippen molar-refractivity contribution < 1.29 is 13.3 Å². The van der Waals surface area contributed by atoms with Crippen LogP contribution >= 0.6 is 0 Å². The van der Waals surface area contributed by atoms with E-state index in [9.17, 15) is 4.46 Å². The van der Waals surface area contributed by atoms with Gasteiger partial charge in [0.05, 0.1) is 0 Å². The quantitative estimate of drug-likeness (QED) is 0.473. The summed E-state index contributed by atoms with van der Waals surface area (Å²) >= 11 is 0. The Bertz CT molecular complexity index is 141. The minimum absolute atomic E-state index is 0.155. The zero-order valence-electron chi connectivity index (χ0n) is 7.54. The smallest absolute Gasteiger partial charge is 0.461 e. The largest absolute Gasteiger partial charge is 0.772 e. The second kappa shape index (κ2) is 5.30. The molecule has 0 amide bonds. The summed E-state index contributed by atoms with van der Waals surface area (Å²) in [6.45, 7) is 2.20. The Hall–Kier alpha value is -0.383. The Morgan fingerprint density at radius 3 is 2.42 bits per heavy atom. The first-order valence-electron chi connectivity index (χ1n) is 4.70. The number of rotatable bonds is 6. The standard InChI is InChI=1S/C8H16O3Si/c1-2-3-4-5-6-7-8-10-12(9)11-8/h8H,2-7H2,1H3. The molecule has 1 rings (SSSR count). The van der Waals surface area contributed by atoms with Gasteiger partial charge in [-0.3, -0.25) is 4.46 Å². The molecule has 0 unspecified atom stereocenters. The molecule has 0 spiro atoms. The van der Waals surface area contributed by atoms with Crippen LogP contribution in [0.3, 0.4) is 0 Å². The van der Waals surface area contributed by atoms with Crippen molar-refractivity contribution in [3.63, 3.8) is 0 Å². The predicted octanol–water partition coefficient (Wildman–Crippen LogP) is 2.14. The van der Waals surface area contributed by atoms with E-state index in [4.69, 9.17) is 8.85 Å². The van der Waals surface area contributed by atoms with Crippen LogP contribution in [0.1, 0.15) is 45.4 Å². The summed E-state index contributed by atoms with van der Waals surface area (Å²) in [6.07, 6.45) is 6.97. The van der Waals surface area contributed by atoms with E-state index in [-0.39, 0.29) is 6.29 Å². The van der Waals surface area contributed by atoms with Gasteiger partial charge in [-0.05, 0) is 6.42 Å². The molecule has 0 atom stereocenters. The van der Waals surface area contributed by atoms with Crippen molar-refractivity contribution in [3.8, 4) is 0 Å². The van der Waals surface area contributed by atoms with Gasteiger partial charge >= 0.3 is 9.17 Å². The van der Waals surface area contributed by atoms with E-state index in [0.29, 0.717) is 0 Å². The Labute approximate surface area is 75.0 Å². The SMILES string of the molecule is CCCCCCCC1O[Si](=O)O1. The second-order valence-electron chi connectivity index (χ2n) is 3.12. The molecule has 1 saturated heterocycles. The molecule has 3 nitrogen and oxygen atoms in total. The number of unbranched alkanes of at least 4 members (excludes halogenated alkanes) is 4. The van der Waals surface area contributed by atoms with Crippen LogP contribution < -0.4 is 0 Å². The predicted molar refractivity (Wildman–Crippen MR) is 45.8 cm³/mol. The molecule has 0 aromatic carbocycles. The van der Waals surface area contributed by atoms with Crippen LogP contribution in [-0.2, 0) is 13.3 Å². The molecule has 1 aliphatic heterocycles. The molecule has 70 valence electrons. The molecule has 0 radical (unpaired) electrons. The summed E-state index contributed by atoms with van der Waals surface area (Å²) in [5, 5.41) is 0. The van der Waals surface area contributed by atoms with Crippen molar-refractivity contribution in [1.82, 2.24) is 0 Å². The fraction of sp³-hybridized carbons (Fsp3) is 1.00. The van der Waals surface area contributed by atoms with E-state index < -0.39 is 9.17 Å². The van der Waals surface area contributed by atoms with E-state index in [0.717, 1.165) is 12.8 Å². The summed E-state index contributed by atoms with van der Waals surface area (Å²) in [5.74, 6) is 0. The zero-order valence-corrected chi connectivity index (χ0v) is 8.54. The molecule has 0 aromatic heterocycles. The lowest BCUT2D eigenvalue weighted by atomic mass is 10.1. The Morgan fingerprint density at radius 1 is 1.17 bits per heavy atom. The van der Waals surface area contributed by atoms with Gasteiger partial charge in [0.15, 0.2) is 0 Å². The minimum atomic E-state index is -2.04. The molecule has 0 aromatic rings. The average molecular weight is 188 g/mol. The fourth-order valence-electron chi connectivity index (χ4n) is 1.26. The molecule has 0 aliphatic carbocycles. The van der Waals surface area contributed by atoms with E-state index in [1.165, 1.54) is 25.7 Å². The Kier molecular flexibility index (Phi) is 4.28. The fourth-order valence-corrected chi connectivity index (χ4v) is 1.94. The van der Waals surface area contributed by atoms with Gasteiger partial charge in [0.25, 0.3) is 0 Å². The number of hydrogen-bond acceptors (Lipinski definition) is 3. The lowest BCUT2D eigenvalue weighted by Crippen LogP contribution is -2.38. The van der Waals surface area contributed by atoms with E-state index in [1.807, 2.05) is 0 Å². The van der Waals surface area contributed by atoms with E-state index in [2.05, 4.69) is 6.92 Å². The molecule has 12 heavy (non-hydrogen) atoms. The van der Waals surface area contributed by atoms with Crippen LogP contribution in [0.25, 0.3) is 0 Å². The third kappa shape index (κ3) is 3.34. The van der Waals surface area contributed by atoms with Crippen LogP contribution in [0.4, 0.5) is 0 Å². The third-order valence-electron chi connectivity index (χ3n) is 2.00. The van der Waals surface area contributed by atoms with Gasteiger partial charge in [0.1, 0.15) is 0 Å². The van der Waals surface area contributed by atoms with Crippen molar-refractivity contribution in [2.75, 3.05) is 0 Å². The van der Waals surface area contributed by atoms with Crippen molar-refractivity contribution in [1.29, 1.82) is 0 Å². The molecule has 1 aliphatic rings. The first-order valence-corrected chi connectivity index (χ1v) is 5.92. The van der Waals surface area contributed by atoms with Gasteiger partial charge < -0.3 is 8.85 Å². The van der Waals surface area contributed by atoms with Gasteiger partial charge in [-0.2, -0.15) is 0 Å². The maximum absolute atomic E-state index is 10.4. The van der Waals surface area contributed by atoms with Crippen molar-refractivity contribution in [2.45, 2.75) is 51.7 Å². The summed E-state index contributed by atoms with van der Waals surface area (Å²) < 4.78 is 20.1. The highest BCUT2D eigenvalue weighted by atomic mass is 28.3. The summed E-state index contributed by atoms with van der Waals surface area (Å²) in [7, 11) is -2.04. The highest BCUT2D eigenvalue weighted by molar-refractivity contribution is 6.28. The van der Waals surface area contributed by atoms with Gasteiger partial charge in [-0.15, -0.1) is 0 Å². The normalized spacial score (nSPS) is 16.6. The lowest BCUT2D eigenvalue weighted by Gasteiger charge is -2.25. The summed E-state index contributed by atoms with van der Waals surface area (Å²) in [5.41, 5.74) is 0. The third-order valence-corrected chi connectivity index (χ3v) is 2.91. The molecule has 0 saturated carbocycles. The maximum Gasteiger partial charge on any atom is 0.772 e. The molecule has 0 N–H and O–H groups in total. The lowest BCUT2D eigenvalue weighted by molar-refractivity contribution is -0.127. The highest BCUT2D eigenvalue weighted by Gasteiger charge is 2.32. The first-order chi connectivity index (χ1) is 5.83.